The smallest absolute Gasteiger partial charge is 0.490 e. The van der Waals surface area contributed by atoms with Crippen molar-refractivity contribution in [2.45, 2.75) is 0 Å². The Balaban J connectivity index is 2.27. The summed E-state index contributed by atoms with van der Waals surface area (Å²) in [7, 11) is -1.80. The molecule has 0 heterocycles. The molecule has 0 aromatic heterocycles. The van der Waals surface area contributed by atoms with Crippen LogP contribution in [0, 0.1) is 10.1 Å². The molecule has 9 heteroatoms. The molecule has 0 aliphatic rings. The Morgan fingerprint density at radius 3 is 2.29 bits per heavy atom. The molecular formula is C12H10BN3O5. The second kappa shape index (κ2) is 6.12. The average molecular weight is 287 g/mol. The summed E-state index contributed by atoms with van der Waals surface area (Å²) in [6.45, 7) is 0. The molecule has 21 heavy (non-hydrogen) atoms. The molecule has 8 nitrogen and oxygen atoms in total. The summed E-state index contributed by atoms with van der Waals surface area (Å²) in [6.07, 6.45) is 0. The van der Waals surface area contributed by atoms with Crippen molar-refractivity contribution in [2.75, 3.05) is 0 Å². The van der Waals surface area contributed by atoms with Crippen molar-refractivity contribution in [3.63, 3.8) is 0 Å². The summed E-state index contributed by atoms with van der Waals surface area (Å²) in [5.74, 6) is -0.132. The Kier molecular flexibility index (Phi) is 4.26. The number of hydrogen-bond acceptors (Lipinski definition) is 7. The first kappa shape index (κ1) is 14.6. The fourth-order valence-corrected chi connectivity index (χ4v) is 1.59. The highest BCUT2D eigenvalue weighted by Gasteiger charge is 2.16. The van der Waals surface area contributed by atoms with Gasteiger partial charge in [-0.2, -0.15) is 10.2 Å². The number of non-ortho nitro benzene ring substituents is 1. The first-order valence-electron chi connectivity index (χ1n) is 5.82. The highest BCUT2D eigenvalue weighted by atomic mass is 16.6. The van der Waals surface area contributed by atoms with Gasteiger partial charge in [0.15, 0.2) is 0 Å². The summed E-state index contributed by atoms with van der Waals surface area (Å²) >= 11 is 0. The van der Waals surface area contributed by atoms with Crippen LogP contribution < -0.4 is 5.46 Å². The van der Waals surface area contributed by atoms with Crippen LogP contribution in [0.1, 0.15) is 0 Å². The Bertz CT molecular complexity index is 688. The Labute approximate surface area is 119 Å². The van der Waals surface area contributed by atoms with E-state index in [4.69, 9.17) is 0 Å². The van der Waals surface area contributed by atoms with Gasteiger partial charge in [0, 0.05) is 17.6 Å². The van der Waals surface area contributed by atoms with Gasteiger partial charge in [-0.1, -0.05) is 0 Å². The number of rotatable bonds is 4. The molecule has 0 atom stereocenters. The van der Waals surface area contributed by atoms with Gasteiger partial charge in [-0.25, -0.2) is 0 Å². The fraction of sp³-hybridized carbons (Fsp3) is 0. The van der Waals surface area contributed by atoms with E-state index in [1.54, 1.807) is 0 Å². The van der Waals surface area contributed by atoms with E-state index in [0.29, 0.717) is 5.69 Å². The van der Waals surface area contributed by atoms with Crippen molar-refractivity contribution in [1.29, 1.82) is 0 Å². The van der Waals surface area contributed by atoms with Crippen LogP contribution in [0.2, 0.25) is 0 Å². The number of nitro groups is 1. The topological polar surface area (TPSA) is 129 Å². The second-order valence-electron chi connectivity index (χ2n) is 4.09. The quantitative estimate of drug-likeness (QED) is 0.339. The molecule has 106 valence electrons. The molecule has 0 aliphatic heterocycles. The number of nitrogens with zero attached hydrogens (tertiary/aromatic N) is 3. The van der Waals surface area contributed by atoms with E-state index in [1.807, 2.05) is 0 Å². The van der Waals surface area contributed by atoms with Gasteiger partial charge in [0.05, 0.1) is 16.3 Å². The SMILES string of the molecule is O=[N+]([O-])c1ccc(N=Nc2ccc(O)cc2B(O)O)cc1. The van der Waals surface area contributed by atoms with Crippen LogP contribution in [-0.2, 0) is 0 Å². The first-order valence-corrected chi connectivity index (χ1v) is 5.82. The lowest BCUT2D eigenvalue weighted by atomic mass is 9.79. The second-order valence-corrected chi connectivity index (χ2v) is 4.09. The minimum atomic E-state index is -1.80. The molecule has 2 aromatic carbocycles. The third-order valence-electron chi connectivity index (χ3n) is 2.62. The molecule has 2 aromatic rings. The number of phenolic OH excluding ortho intramolecular Hbond substituents is 1. The maximum atomic E-state index is 10.5. The van der Waals surface area contributed by atoms with Gasteiger partial charge in [-0.3, -0.25) is 10.1 Å². The van der Waals surface area contributed by atoms with Crippen LogP contribution in [0.3, 0.4) is 0 Å². The summed E-state index contributed by atoms with van der Waals surface area (Å²) in [5.41, 5.74) is 0.471. The van der Waals surface area contributed by atoms with Crippen molar-refractivity contribution in [3.05, 3.63) is 52.6 Å². The molecule has 0 radical (unpaired) electrons. The van der Waals surface area contributed by atoms with Gasteiger partial charge in [-0.15, -0.1) is 0 Å². The molecule has 0 aliphatic carbocycles. The minimum Gasteiger partial charge on any atom is -0.508 e. The zero-order valence-corrected chi connectivity index (χ0v) is 10.6. The summed E-state index contributed by atoms with van der Waals surface area (Å²) < 4.78 is 0. The predicted molar refractivity (Wildman–Crippen MR) is 75.2 cm³/mol. The third-order valence-corrected chi connectivity index (χ3v) is 2.62. The lowest BCUT2D eigenvalue weighted by Gasteiger charge is -2.03. The molecule has 0 unspecified atom stereocenters. The van der Waals surface area contributed by atoms with E-state index in [0.717, 1.165) is 6.07 Å². The Hall–Kier alpha value is -2.78. The van der Waals surface area contributed by atoms with Crippen molar-refractivity contribution in [3.8, 4) is 5.75 Å². The van der Waals surface area contributed by atoms with Crippen LogP contribution >= 0.6 is 0 Å². The summed E-state index contributed by atoms with van der Waals surface area (Å²) in [4.78, 5) is 9.99. The van der Waals surface area contributed by atoms with E-state index in [9.17, 15) is 25.3 Å². The molecule has 0 fully saturated rings. The fourth-order valence-electron chi connectivity index (χ4n) is 1.59. The standard InChI is InChI=1S/C12H10BN3O5/c17-10-5-6-12(11(7-10)13(18)19)15-14-8-1-3-9(4-2-8)16(20)21/h1-7,17-19H. The Morgan fingerprint density at radius 2 is 1.71 bits per heavy atom. The monoisotopic (exact) mass is 287 g/mol. The average Bonchev–Trinajstić information content (AvgIpc) is 2.46. The number of hydrogen-bond donors (Lipinski definition) is 3. The van der Waals surface area contributed by atoms with Crippen LogP contribution in [-0.4, -0.2) is 27.2 Å². The largest absolute Gasteiger partial charge is 0.508 e. The van der Waals surface area contributed by atoms with Crippen molar-refractivity contribution in [1.82, 2.24) is 0 Å². The van der Waals surface area contributed by atoms with Gasteiger partial charge in [0.1, 0.15) is 5.75 Å². The van der Waals surface area contributed by atoms with Gasteiger partial charge in [-0.05, 0) is 30.3 Å². The van der Waals surface area contributed by atoms with Crippen LogP contribution in [0.5, 0.6) is 5.75 Å². The van der Waals surface area contributed by atoms with Gasteiger partial charge >= 0.3 is 7.12 Å². The molecule has 0 amide bonds. The van der Waals surface area contributed by atoms with Crippen LogP contribution in [0.4, 0.5) is 17.1 Å². The van der Waals surface area contributed by atoms with Crippen molar-refractivity contribution in [2.24, 2.45) is 10.2 Å². The molecular weight excluding hydrogens is 277 g/mol. The zero-order valence-electron chi connectivity index (χ0n) is 10.6. The molecule has 0 saturated carbocycles. The normalized spacial score (nSPS) is 10.8. The maximum absolute atomic E-state index is 10.5. The minimum absolute atomic E-state index is 0.000613. The van der Waals surface area contributed by atoms with E-state index >= 15 is 0 Å². The number of aromatic hydroxyl groups is 1. The lowest BCUT2D eigenvalue weighted by molar-refractivity contribution is -0.384. The highest BCUT2D eigenvalue weighted by molar-refractivity contribution is 6.60. The van der Waals surface area contributed by atoms with E-state index < -0.39 is 12.0 Å². The van der Waals surface area contributed by atoms with Crippen molar-refractivity contribution >= 4 is 29.6 Å². The molecule has 3 N–H and O–H groups in total. The van der Waals surface area contributed by atoms with Gasteiger partial charge in [0.2, 0.25) is 0 Å². The predicted octanol–water partition coefficient (Wildman–Crippen LogP) is 1.40. The number of azo groups is 1. The molecule has 0 saturated heterocycles. The third kappa shape index (κ3) is 3.62. The number of nitro benzene ring substituents is 1. The van der Waals surface area contributed by atoms with E-state index in [-0.39, 0.29) is 22.6 Å². The van der Waals surface area contributed by atoms with E-state index in [2.05, 4.69) is 10.2 Å². The summed E-state index contributed by atoms with van der Waals surface area (Å²) in [5, 5.41) is 45.9. The van der Waals surface area contributed by atoms with Gasteiger partial charge < -0.3 is 15.2 Å². The number of benzene rings is 2. The first-order chi connectivity index (χ1) is 9.97. The molecule has 0 bridgehead atoms. The van der Waals surface area contributed by atoms with Crippen LogP contribution in [0.25, 0.3) is 0 Å². The van der Waals surface area contributed by atoms with Crippen molar-refractivity contribution < 1.29 is 20.1 Å². The maximum Gasteiger partial charge on any atom is 0.490 e. The van der Waals surface area contributed by atoms with E-state index in [1.165, 1.54) is 36.4 Å². The Morgan fingerprint density at radius 1 is 1.05 bits per heavy atom. The summed E-state index contributed by atoms with van der Waals surface area (Å²) in [6, 6.07) is 9.26. The molecule has 0 spiro atoms. The van der Waals surface area contributed by atoms with Crippen LogP contribution in [0.15, 0.2) is 52.7 Å². The number of phenols is 1. The highest BCUT2D eigenvalue weighted by Crippen LogP contribution is 2.21. The zero-order chi connectivity index (χ0) is 15.4. The molecule has 2 rings (SSSR count). The lowest BCUT2D eigenvalue weighted by Crippen LogP contribution is -2.29. The van der Waals surface area contributed by atoms with Gasteiger partial charge in [0.25, 0.3) is 5.69 Å².